The Morgan fingerprint density at radius 1 is 1.25 bits per heavy atom. The molecule has 1 heterocycles. The van der Waals surface area contributed by atoms with Crippen LogP contribution in [0.3, 0.4) is 0 Å². The Morgan fingerprint density at radius 3 is 2.50 bits per heavy atom. The highest BCUT2D eigenvalue weighted by Gasteiger charge is 2.24. The minimum atomic E-state index is -0.911. The molecule has 0 saturated heterocycles. The van der Waals surface area contributed by atoms with Crippen LogP contribution in [0.15, 0.2) is 24.4 Å². The smallest absolute Gasteiger partial charge is 0.125 e. The third-order valence-corrected chi connectivity index (χ3v) is 2.86. The van der Waals surface area contributed by atoms with E-state index in [0.717, 1.165) is 22.2 Å². The molecule has 0 bridgehead atoms. The molecular formula is C13H17NO2. The fourth-order valence-electron chi connectivity index (χ4n) is 2.13. The summed E-state index contributed by atoms with van der Waals surface area (Å²) < 4.78 is 7.35. The van der Waals surface area contributed by atoms with Crippen LogP contribution in [0.5, 0.6) is 5.75 Å². The highest BCUT2D eigenvalue weighted by molar-refractivity contribution is 5.86. The highest BCUT2D eigenvalue weighted by atomic mass is 16.5. The average Bonchev–Trinajstić information content (AvgIpc) is 2.57. The van der Waals surface area contributed by atoms with Gasteiger partial charge in [-0.05, 0) is 32.0 Å². The van der Waals surface area contributed by atoms with Crippen LogP contribution in [0.25, 0.3) is 10.9 Å². The SMILES string of the molecule is COc1ccc2c(ccn2C)c1C(C)(C)O. The molecule has 1 aromatic heterocycles. The van der Waals surface area contributed by atoms with Crippen LogP contribution in [-0.4, -0.2) is 16.8 Å². The number of hydrogen-bond donors (Lipinski definition) is 1. The maximum atomic E-state index is 10.2. The van der Waals surface area contributed by atoms with E-state index in [-0.39, 0.29) is 0 Å². The Kier molecular flexibility index (Phi) is 2.43. The summed E-state index contributed by atoms with van der Waals surface area (Å²) in [6.07, 6.45) is 1.99. The van der Waals surface area contributed by atoms with E-state index in [0.29, 0.717) is 0 Å². The van der Waals surface area contributed by atoms with Crippen molar-refractivity contribution in [3.05, 3.63) is 30.0 Å². The average molecular weight is 219 g/mol. The van der Waals surface area contributed by atoms with E-state index in [4.69, 9.17) is 4.74 Å². The predicted molar refractivity (Wildman–Crippen MR) is 64.7 cm³/mol. The zero-order chi connectivity index (χ0) is 11.9. The summed E-state index contributed by atoms with van der Waals surface area (Å²) in [4.78, 5) is 0. The van der Waals surface area contributed by atoms with Crippen molar-refractivity contribution in [2.45, 2.75) is 19.4 Å². The molecule has 16 heavy (non-hydrogen) atoms. The van der Waals surface area contributed by atoms with Crippen molar-refractivity contribution < 1.29 is 9.84 Å². The molecule has 2 aromatic rings. The summed E-state index contributed by atoms with van der Waals surface area (Å²) in [5.74, 6) is 0.728. The fraction of sp³-hybridized carbons (Fsp3) is 0.385. The lowest BCUT2D eigenvalue weighted by molar-refractivity contribution is 0.0773. The summed E-state index contributed by atoms with van der Waals surface area (Å²) in [6.45, 7) is 3.55. The topological polar surface area (TPSA) is 34.4 Å². The summed E-state index contributed by atoms with van der Waals surface area (Å²) >= 11 is 0. The molecule has 3 heteroatoms. The zero-order valence-corrected chi connectivity index (χ0v) is 10.1. The van der Waals surface area contributed by atoms with Gasteiger partial charge in [0.05, 0.1) is 12.7 Å². The standard InChI is InChI=1S/C13H17NO2/c1-13(2,15)12-9-7-8-14(3)10(9)5-6-11(12)16-4/h5-8,15H,1-4H3. The van der Waals surface area contributed by atoms with Crippen LogP contribution in [0.2, 0.25) is 0 Å². The molecule has 0 aliphatic carbocycles. The first-order chi connectivity index (χ1) is 7.45. The van der Waals surface area contributed by atoms with Gasteiger partial charge in [0, 0.05) is 29.7 Å². The van der Waals surface area contributed by atoms with Crippen molar-refractivity contribution in [2.24, 2.45) is 7.05 Å². The van der Waals surface area contributed by atoms with Gasteiger partial charge in [0.15, 0.2) is 0 Å². The number of benzene rings is 1. The second-order valence-corrected chi connectivity index (χ2v) is 4.56. The number of hydrogen-bond acceptors (Lipinski definition) is 2. The molecule has 1 N–H and O–H groups in total. The van der Waals surface area contributed by atoms with Crippen LogP contribution in [0.4, 0.5) is 0 Å². The van der Waals surface area contributed by atoms with Crippen molar-refractivity contribution in [3.8, 4) is 5.75 Å². The second-order valence-electron chi connectivity index (χ2n) is 4.56. The van der Waals surface area contributed by atoms with Gasteiger partial charge in [0.2, 0.25) is 0 Å². The van der Waals surface area contributed by atoms with Gasteiger partial charge < -0.3 is 14.4 Å². The maximum Gasteiger partial charge on any atom is 0.125 e. The van der Waals surface area contributed by atoms with Crippen molar-refractivity contribution in [1.82, 2.24) is 4.57 Å². The third-order valence-electron chi connectivity index (χ3n) is 2.86. The molecule has 0 aliphatic heterocycles. The Labute approximate surface area is 95.3 Å². The Balaban J connectivity index is 2.84. The number of aromatic nitrogens is 1. The predicted octanol–water partition coefficient (Wildman–Crippen LogP) is 2.41. The Bertz CT molecular complexity index is 520. The molecule has 0 spiro atoms. The molecule has 0 amide bonds. The number of fused-ring (bicyclic) bond motifs is 1. The number of rotatable bonds is 2. The van der Waals surface area contributed by atoms with Gasteiger partial charge in [-0.25, -0.2) is 0 Å². The molecule has 0 fully saturated rings. The maximum absolute atomic E-state index is 10.2. The van der Waals surface area contributed by atoms with Crippen LogP contribution in [0.1, 0.15) is 19.4 Å². The van der Waals surface area contributed by atoms with E-state index >= 15 is 0 Å². The minimum absolute atomic E-state index is 0.728. The Morgan fingerprint density at radius 2 is 1.94 bits per heavy atom. The fourth-order valence-corrected chi connectivity index (χ4v) is 2.13. The number of methoxy groups -OCH3 is 1. The molecule has 3 nitrogen and oxygen atoms in total. The molecular weight excluding hydrogens is 202 g/mol. The second kappa shape index (κ2) is 3.52. The molecule has 0 aliphatic rings. The van der Waals surface area contributed by atoms with Gasteiger partial charge in [0.25, 0.3) is 0 Å². The van der Waals surface area contributed by atoms with E-state index in [2.05, 4.69) is 0 Å². The van der Waals surface area contributed by atoms with Gasteiger partial charge >= 0.3 is 0 Å². The first-order valence-corrected chi connectivity index (χ1v) is 5.30. The molecule has 0 saturated carbocycles. The number of ether oxygens (including phenoxy) is 1. The van der Waals surface area contributed by atoms with Crippen molar-refractivity contribution in [1.29, 1.82) is 0 Å². The van der Waals surface area contributed by atoms with Crippen molar-refractivity contribution >= 4 is 10.9 Å². The largest absolute Gasteiger partial charge is 0.496 e. The van der Waals surface area contributed by atoms with Crippen LogP contribution in [0, 0.1) is 0 Å². The molecule has 1 aromatic carbocycles. The van der Waals surface area contributed by atoms with Gasteiger partial charge in [0.1, 0.15) is 5.75 Å². The lowest BCUT2D eigenvalue weighted by atomic mass is 9.94. The van der Waals surface area contributed by atoms with Crippen LogP contribution >= 0.6 is 0 Å². The van der Waals surface area contributed by atoms with Crippen LogP contribution < -0.4 is 4.74 Å². The van der Waals surface area contributed by atoms with Crippen molar-refractivity contribution in [2.75, 3.05) is 7.11 Å². The highest BCUT2D eigenvalue weighted by Crippen LogP contribution is 2.36. The molecule has 0 radical (unpaired) electrons. The first-order valence-electron chi connectivity index (χ1n) is 5.30. The molecule has 0 atom stereocenters. The summed E-state index contributed by atoms with van der Waals surface area (Å²) in [5.41, 5.74) is 1.03. The number of nitrogens with zero attached hydrogens (tertiary/aromatic N) is 1. The Hall–Kier alpha value is -1.48. The lowest BCUT2D eigenvalue weighted by Crippen LogP contribution is -2.17. The van der Waals surface area contributed by atoms with Gasteiger partial charge in [-0.15, -0.1) is 0 Å². The number of aliphatic hydroxyl groups is 1. The van der Waals surface area contributed by atoms with E-state index < -0.39 is 5.60 Å². The first kappa shape index (κ1) is 11.0. The monoisotopic (exact) mass is 219 g/mol. The van der Waals surface area contributed by atoms with E-state index in [9.17, 15) is 5.11 Å². The number of aryl methyl sites for hydroxylation is 1. The van der Waals surface area contributed by atoms with E-state index in [1.165, 1.54) is 0 Å². The summed E-state index contributed by atoms with van der Waals surface area (Å²) in [5, 5.41) is 11.3. The van der Waals surface area contributed by atoms with Gasteiger partial charge in [-0.2, -0.15) is 0 Å². The zero-order valence-electron chi connectivity index (χ0n) is 10.1. The molecule has 2 rings (SSSR count). The minimum Gasteiger partial charge on any atom is -0.496 e. The lowest BCUT2D eigenvalue weighted by Gasteiger charge is -2.22. The molecule has 0 unspecified atom stereocenters. The summed E-state index contributed by atoms with van der Waals surface area (Å²) in [6, 6.07) is 5.91. The molecule has 86 valence electrons. The quantitative estimate of drug-likeness (QED) is 0.841. The van der Waals surface area contributed by atoms with E-state index in [1.807, 2.05) is 36.0 Å². The van der Waals surface area contributed by atoms with Gasteiger partial charge in [-0.3, -0.25) is 0 Å². The van der Waals surface area contributed by atoms with E-state index in [1.54, 1.807) is 21.0 Å². The third kappa shape index (κ3) is 1.57. The van der Waals surface area contributed by atoms with Crippen molar-refractivity contribution in [3.63, 3.8) is 0 Å². The normalized spacial score (nSPS) is 12.1. The van der Waals surface area contributed by atoms with Gasteiger partial charge in [-0.1, -0.05) is 0 Å². The van der Waals surface area contributed by atoms with Crippen LogP contribution in [-0.2, 0) is 12.6 Å². The summed E-state index contributed by atoms with van der Waals surface area (Å²) in [7, 11) is 3.61.